The molecule has 0 aliphatic carbocycles. The molecule has 0 radical (unpaired) electrons. The Labute approximate surface area is 188 Å². The summed E-state index contributed by atoms with van der Waals surface area (Å²) in [6.45, 7) is 4.58. The molecule has 0 unspecified atom stereocenters. The van der Waals surface area contributed by atoms with Crippen LogP contribution in [0.25, 0.3) is 5.69 Å². The van der Waals surface area contributed by atoms with Crippen molar-refractivity contribution in [2.75, 3.05) is 0 Å². The highest BCUT2D eigenvalue weighted by Crippen LogP contribution is 2.18. The molecule has 1 amide bonds. The molecule has 0 saturated heterocycles. The van der Waals surface area contributed by atoms with Gasteiger partial charge in [-0.2, -0.15) is 5.10 Å². The van der Waals surface area contributed by atoms with E-state index in [-0.39, 0.29) is 5.91 Å². The first-order valence-corrected chi connectivity index (χ1v) is 10.5. The number of rotatable bonds is 7. The van der Waals surface area contributed by atoms with E-state index in [9.17, 15) is 4.79 Å². The second-order valence-electron chi connectivity index (χ2n) is 7.51. The summed E-state index contributed by atoms with van der Waals surface area (Å²) in [4.78, 5) is 12.5. The predicted molar refractivity (Wildman–Crippen MR) is 128 cm³/mol. The van der Waals surface area contributed by atoms with Gasteiger partial charge in [-0.05, 0) is 67.9 Å². The first kappa shape index (κ1) is 21.1. The predicted octanol–water partition coefficient (Wildman–Crippen LogP) is 5.44. The molecule has 1 heterocycles. The Hall–Kier alpha value is -4.12. The lowest BCUT2D eigenvalue weighted by atomic mass is 10.2. The summed E-state index contributed by atoms with van der Waals surface area (Å²) >= 11 is 0. The molecule has 32 heavy (non-hydrogen) atoms. The average molecular weight is 424 g/mol. The van der Waals surface area contributed by atoms with Crippen molar-refractivity contribution < 1.29 is 9.53 Å². The summed E-state index contributed by atoms with van der Waals surface area (Å²) in [5, 5.41) is 4.12. The lowest BCUT2D eigenvalue weighted by Crippen LogP contribution is -2.17. The number of hydrogen-bond donors (Lipinski definition) is 1. The minimum atomic E-state index is -0.267. The molecule has 0 aliphatic rings. The van der Waals surface area contributed by atoms with Crippen LogP contribution in [0.3, 0.4) is 0 Å². The van der Waals surface area contributed by atoms with Gasteiger partial charge < -0.3 is 9.30 Å². The third-order valence-corrected chi connectivity index (χ3v) is 5.18. The van der Waals surface area contributed by atoms with Crippen molar-refractivity contribution in [1.29, 1.82) is 0 Å². The number of aromatic nitrogens is 1. The molecule has 160 valence electrons. The fourth-order valence-corrected chi connectivity index (χ4v) is 3.52. The average Bonchev–Trinajstić information content (AvgIpc) is 3.17. The quantitative estimate of drug-likeness (QED) is 0.318. The first-order valence-electron chi connectivity index (χ1n) is 10.5. The van der Waals surface area contributed by atoms with Gasteiger partial charge in [0.05, 0.1) is 6.21 Å². The maximum Gasteiger partial charge on any atom is 0.271 e. The van der Waals surface area contributed by atoms with Crippen molar-refractivity contribution in [3.63, 3.8) is 0 Å². The standard InChI is InChI=1S/C27H25N3O2/c1-20-12-13-21(2)30(20)25-16-14-23(15-17-25)27(31)29-28-18-24-10-6-7-11-26(24)32-19-22-8-4-3-5-9-22/h3-18H,19H2,1-2H3,(H,29,31)/b28-18-. The van der Waals surface area contributed by atoms with E-state index >= 15 is 0 Å². The summed E-state index contributed by atoms with van der Waals surface area (Å²) in [7, 11) is 0. The zero-order valence-corrected chi connectivity index (χ0v) is 18.2. The summed E-state index contributed by atoms with van der Waals surface area (Å²) in [6, 6.07) is 29.2. The Morgan fingerprint density at radius 2 is 1.53 bits per heavy atom. The number of ether oxygens (including phenoxy) is 1. The Balaban J connectivity index is 1.39. The van der Waals surface area contributed by atoms with Gasteiger partial charge in [0, 0.05) is 28.2 Å². The minimum absolute atomic E-state index is 0.267. The maximum absolute atomic E-state index is 12.5. The summed E-state index contributed by atoms with van der Waals surface area (Å²) < 4.78 is 8.07. The van der Waals surface area contributed by atoms with Crippen molar-refractivity contribution in [3.05, 3.63) is 119 Å². The molecule has 1 aromatic heterocycles. The van der Waals surface area contributed by atoms with Crippen molar-refractivity contribution >= 4 is 12.1 Å². The number of nitrogens with one attached hydrogen (secondary N) is 1. The van der Waals surface area contributed by atoms with Gasteiger partial charge in [-0.3, -0.25) is 4.79 Å². The summed E-state index contributed by atoms with van der Waals surface area (Å²) in [6.07, 6.45) is 1.60. The smallest absolute Gasteiger partial charge is 0.271 e. The van der Waals surface area contributed by atoms with Gasteiger partial charge in [-0.25, -0.2) is 5.43 Å². The number of benzene rings is 3. The fraction of sp³-hybridized carbons (Fsp3) is 0.111. The van der Waals surface area contributed by atoms with Crippen LogP contribution >= 0.6 is 0 Å². The van der Waals surface area contributed by atoms with Crippen molar-refractivity contribution in [2.45, 2.75) is 20.5 Å². The number of hydrazone groups is 1. The molecule has 0 saturated carbocycles. The van der Waals surface area contributed by atoms with Gasteiger partial charge in [-0.15, -0.1) is 0 Å². The molecule has 0 fully saturated rings. The number of para-hydroxylation sites is 1. The minimum Gasteiger partial charge on any atom is -0.488 e. The molecular weight excluding hydrogens is 398 g/mol. The van der Waals surface area contributed by atoms with Gasteiger partial charge in [0.1, 0.15) is 12.4 Å². The van der Waals surface area contributed by atoms with Crippen LogP contribution in [0.1, 0.15) is 32.9 Å². The zero-order valence-electron chi connectivity index (χ0n) is 18.2. The Morgan fingerprint density at radius 1 is 0.875 bits per heavy atom. The third-order valence-electron chi connectivity index (χ3n) is 5.18. The first-order chi connectivity index (χ1) is 15.6. The van der Waals surface area contributed by atoms with Crippen molar-refractivity contribution in [3.8, 4) is 11.4 Å². The van der Waals surface area contributed by atoms with E-state index in [0.717, 1.165) is 28.2 Å². The van der Waals surface area contributed by atoms with E-state index in [1.165, 1.54) is 0 Å². The van der Waals surface area contributed by atoms with Crippen LogP contribution in [0.2, 0.25) is 0 Å². The highest BCUT2D eigenvalue weighted by atomic mass is 16.5. The SMILES string of the molecule is Cc1ccc(C)n1-c1ccc(C(=O)N/N=C\c2ccccc2OCc2ccccc2)cc1. The number of carbonyl (C=O) groups is 1. The molecule has 0 aliphatic heterocycles. The molecule has 0 bridgehead atoms. The Bertz CT molecular complexity index is 1210. The maximum atomic E-state index is 12.5. The molecule has 0 spiro atoms. The third kappa shape index (κ3) is 4.95. The lowest BCUT2D eigenvalue weighted by molar-refractivity contribution is 0.0955. The zero-order chi connectivity index (χ0) is 22.3. The largest absolute Gasteiger partial charge is 0.488 e. The number of aryl methyl sites for hydroxylation is 2. The Morgan fingerprint density at radius 3 is 2.25 bits per heavy atom. The van der Waals surface area contributed by atoms with Gasteiger partial charge >= 0.3 is 0 Å². The van der Waals surface area contributed by atoms with E-state index in [1.807, 2.05) is 66.7 Å². The van der Waals surface area contributed by atoms with Gasteiger partial charge in [-0.1, -0.05) is 42.5 Å². The monoisotopic (exact) mass is 423 g/mol. The highest BCUT2D eigenvalue weighted by Gasteiger charge is 2.08. The summed E-state index contributed by atoms with van der Waals surface area (Å²) in [5.74, 6) is 0.438. The Kier molecular flexibility index (Phi) is 6.46. The second-order valence-corrected chi connectivity index (χ2v) is 7.51. The molecule has 0 atom stereocenters. The van der Waals surface area contributed by atoms with Crippen LogP contribution in [0.5, 0.6) is 5.75 Å². The molecular formula is C27H25N3O2. The lowest BCUT2D eigenvalue weighted by Gasteiger charge is -2.10. The van der Waals surface area contributed by atoms with Gasteiger partial charge in [0.2, 0.25) is 0 Å². The number of nitrogens with zero attached hydrogens (tertiary/aromatic N) is 2. The second kappa shape index (κ2) is 9.79. The molecule has 4 aromatic rings. The van der Waals surface area contributed by atoms with E-state index in [0.29, 0.717) is 17.9 Å². The van der Waals surface area contributed by atoms with E-state index < -0.39 is 0 Å². The van der Waals surface area contributed by atoms with Crippen LogP contribution in [0.4, 0.5) is 0 Å². The van der Waals surface area contributed by atoms with Crippen molar-refractivity contribution in [1.82, 2.24) is 9.99 Å². The van der Waals surface area contributed by atoms with E-state index in [2.05, 4.69) is 41.1 Å². The van der Waals surface area contributed by atoms with Crippen LogP contribution in [-0.4, -0.2) is 16.7 Å². The fourth-order valence-electron chi connectivity index (χ4n) is 3.52. The summed E-state index contributed by atoms with van der Waals surface area (Å²) in [5.41, 5.74) is 8.33. The highest BCUT2D eigenvalue weighted by molar-refractivity contribution is 5.95. The van der Waals surface area contributed by atoms with E-state index in [1.54, 1.807) is 18.3 Å². The van der Waals surface area contributed by atoms with Crippen LogP contribution in [-0.2, 0) is 6.61 Å². The molecule has 1 N–H and O–H groups in total. The van der Waals surface area contributed by atoms with Crippen LogP contribution in [0.15, 0.2) is 96.1 Å². The normalized spacial score (nSPS) is 10.9. The molecule has 5 nitrogen and oxygen atoms in total. The topological polar surface area (TPSA) is 55.6 Å². The van der Waals surface area contributed by atoms with Gasteiger partial charge in [0.15, 0.2) is 0 Å². The number of hydrogen-bond acceptors (Lipinski definition) is 3. The molecule has 5 heteroatoms. The number of carbonyl (C=O) groups excluding carboxylic acids is 1. The van der Waals surface area contributed by atoms with Gasteiger partial charge in [0.25, 0.3) is 5.91 Å². The number of amides is 1. The molecule has 4 rings (SSSR count). The van der Waals surface area contributed by atoms with Crippen LogP contribution in [0, 0.1) is 13.8 Å². The van der Waals surface area contributed by atoms with Crippen molar-refractivity contribution in [2.24, 2.45) is 5.10 Å². The van der Waals surface area contributed by atoms with Crippen LogP contribution < -0.4 is 10.2 Å². The molecule has 3 aromatic carbocycles. The van der Waals surface area contributed by atoms with E-state index in [4.69, 9.17) is 4.74 Å².